The first-order valence-electron chi connectivity index (χ1n) is 9.81. The molecule has 0 saturated heterocycles. The van der Waals surface area contributed by atoms with Crippen molar-refractivity contribution in [1.29, 1.82) is 0 Å². The Labute approximate surface area is 166 Å². The summed E-state index contributed by atoms with van der Waals surface area (Å²) in [7, 11) is 6.31. The summed E-state index contributed by atoms with van der Waals surface area (Å²) in [5, 5.41) is 0.795. The third-order valence-corrected chi connectivity index (χ3v) is 18.6. The second-order valence-electron chi connectivity index (χ2n) is 8.76. The van der Waals surface area contributed by atoms with Crippen LogP contribution in [0.25, 0.3) is 0 Å². The van der Waals surface area contributed by atoms with Gasteiger partial charge in [0.15, 0.2) is 0 Å². The van der Waals surface area contributed by atoms with E-state index >= 15 is 0 Å². The van der Waals surface area contributed by atoms with Crippen LogP contribution in [0.3, 0.4) is 0 Å². The minimum Gasteiger partial charge on any atom is -0.0941 e. The Bertz CT molecular complexity index is 311. The van der Waals surface area contributed by atoms with Crippen LogP contribution in [0.4, 0.5) is 0 Å². The van der Waals surface area contributed by atoms with Gasteiger partial charge in [0.1, 0.15) is 0 Å². The summed E-state index contributed by atoms with van der Waals surface area (Å²) in [6.45, 7) is 21.6. The van der Waals surface area contributed by atoms with E-state index < -0.39 is 7.12 Å². The molecule has 0 heterocycles. The molecule has 3 atom stereocenters. The lowest BCUT2D eigenvalue weighted by Crippen LogP contribution is -2.16. The zero-order valence-corrected chi connectivity index (χ0v) is 21.1. The lowest BCUT2D eigenvalue weighted by atomic mass is 10.0. The van der Waals surface area contributed by atoms with Gasteiger partial charge in [0, 0.05) is 22.5 Å². The summed E-state index contributed by atoms with van der Waals surface area (Å²) < 4.78 is 0. The van der Waals surface area contributed by atoms with E-state index in [1.54, 1.807) is 0 Å². The number of hydrogen-bond acceptors (Lipinski definition) is 3. The van der Waals surface area contributed by atoms with Gasteiger partial charge in [-0.15, -0.1) is 0 Å². The smallest absolute Gasteiger partial charge is 0.0123 e. The fourth-order valence-electron chi connectivity index (χ4n) is 2.19. The van der Waals surface area contributed by atoms with E-state index in [1.165, 1.54) is 42.9 Å². The maximum Gasteiger partial charge on any atom is 0.0123 e. The van der Waals surface area contributed by atoms with Gasteiger partial charge in [0.25, 0.3) is 0 Å². The van der Waals surface area contributed by atoms with Crippen LogP contribution in [0.5, 0.6) is 0 Å². The molecule has 0 aromatic heterocycles. The first-order chi connectivity index (χ1) is 11.0. The van der Waals surface area contributed by atoms with Gasteiger partial charge in [-0.25, -0.2) is 0 Å². The van der Waals surface area contributed by atoms with Crippen molar-refractivity contribution in [2.24, 2.45) is 17.3 Å². The minimum atomic E-state index is -0.726. The molecular formula is C20H44S4. The van der Waals surface area contributed by atoms with Crippen molar-refractivity contribution in [3.8, 4) is 0 Å². The van der Waals surface area contributed by atoms with Crippen molar-refractivity contribution >= 4 is 39.5 Å². The third kappa shape index (κ3) is 12.7. The molecule has 0 amide bonds. The molecule has 4 heteroatoms. The van der Waals surface area contributed by atoms with Crippen LogP contribution in [-0.2, 0) is 0 Å². The molecule has 0 aromatic rings. The Balaban J connectivity index is 5.20. The molecule has 0 saturated carbocycles. The molecular weight excluding hydrogens is 368 g/mol. The largest absolute Gasteiger partial charge is 0.0941 e. The molecule has 0 aliphatic heterocycles. The lowest BCUT2D eigenvalue weighted by Gasteiger charge is -2.44. The van der Waals surface area contributed by atoms with Gasteiger partial charge in [0.05, 0.1) is 0 Å². The predicted molar refractivity (Wildman–Crippen MR) is 128 cm³/mol. The average Bonchev–Trinajstić information content (AvgIpc) is 2.42. The normalized spacial score (nSPS) is 19.1. The summed E-state index contributed by atoms with van der Waals surface area (Å²) in [6.07, 6.45) is 5.34. The Morgan fingerprint density at radius 1 is 0.917 bits per heavy atom. The zero-order chi connectivity index (χ0) is 18.8. The summed E-state index contributed by atoms with van der Waals surface area (Å²) in [6, 6.07) is 0. The van der Waals surface area contributed by atoms with Crippen molar-refractivity contribution < 1.29 is 0 Å². The molecule has 0 radical (unpaired) electrons. The van der Waals surface area contributed by atoms with Crippen LogP contribution in [0.2, 0.25) is 0 Å². The van der Waals surface area contributed by atoms with E-state index in [9.17, 15) is 0 Å². The van der Waals surface area contributed by atoms with Gasteiger partial charge in [-0.1, -0.05) is 115 Å². The van der Waals surface area contributed by atoms with Crippen molar-refractivity contribution in [3.63, 3.8) is 0 Å². The van der Waals surface area contributed by atoms with Crippen molar-refractivity contribution in [2.75, 3.05) is 17.3 Å². The first kappa shape index (κ1) is 25.4. The SMILES string of the molecule is CCCC(C)SS(CC(C)(C)C)(SCCC(C)C)SCC(C)CC. The van der Waals surface area contributed by atoms with E-state index in [2.05, 4.69) is 94.7 Å². The van der Waals surface area contributed by atoms with Crippen LogP contribution in [-0.4, -0.2) is 22.5 Å². The highest BCUT2D eigenvalue weighted by Gasteiger charge is 2.33. The Morgan fingerprint density at radius 3 is 2.00 bits per heavy atom. The van der Waals surface area contributed by atoms with Gasteiger partial charge in [-0.05, 0) is 30.1 Å². The van der Waals surface area contributed by atoms with E-state index in [4.69, 9.17) is 0 Å². The third-order valence-electron chi connectivity index (χ3n) is 3.80. The lowest BCUT2D eigenvalue weighted by molar-refractivity contribution is 0.481. The number of hydrogen-bond donors (Lipinski definition) is 0. The minimum absolute atomic E-state index is 0.418. The summed E-state index contributed by atoms with van der Waals surface area (Å²) in [5.41, 5.74) is 0.418. The molecule has 0 bridgehead atoms. The van der Waals surface area contributed by atoms with Gasteiger partial charge >= 0.3 is 0 Å². The zero-order valence-electron chi connectivity index (χ0n) is 17.8. The van der Waals surface area contributed by atoms with Crippen LogP contribution in [0.1, 0.15) is 88.0 Å². The molecule has 0 aromatic carbocycles. The Hall–Kier alpha value is 1.40. The Morgan fingerprint density at radius 2 is 1.54 bits per heavy atom. The maximum absolute atomic E-state index is 2.46. The molecule has 0 aliphatic rings. The summed E-state index contributed by atoms with van der Waals surface area (Å²) >= 11 is 0. The fourth-order valence-corrected chi connectivity index (χ4v) is 20.8. The standard InChI is InChI=1S/C20H44S4/c1-10-12-19(6)23-24(16-20(7,8)9,21-14-13-17(3)4)22-15-18(5)11-2/h17-19H,10-16H2,1-9H3. The van der Waals surface area contributed by atoms with E-state index in [0.29, 0.717) is 5.41 Å². The van der Waals surface area contributed by atoms with Crippen molar-refractivity contribution in [3.05, 3.63) is 0 Å². The highest BCUT2D eigenvalue weighted by atomic mass is 33.8. The van der Waals surface area contributed by atoms with Gasteiger partial charge in [0.2, 0.25) is 0 Å². The van der Waals surface area contributed by atoms with Crippen LogP contribution in [0.15, 0.2) is 0 Å². The maximum atomic E-state index is 2.46. The van der Waals surface area contributed by atoms with Crippen molar-refractivity contribution in [1.82, 2.24) is 0 Å². The highest BCUT2D eigenvalue weighted by Crippen LogP contribution is 2.81. The molecule has 0 nitrogen and oxygen atoms in total. The molecule has 0 N–H and O–H groups in total. The fraction of sp³-hybridized carbons (Fsp3) is 1.00. The monoisotopic (exact) mass is 412 g/mol. The molecule has 24 heavy (non-hydrogen) atoms. The predicted octanol–water partition coefficient (Wildman–Crippen LogP) is 9.06. The molecule has 0 aliphatic carbocycles. The second-order valence-corrected chi connectivity index (χ2v) is 21.4. The van der Waals surface area contributed by atoms with Crippen LogP contribution >= 0.6 is 39.5 Å². The Kier molecular flexibility index (Phi) is 13.5. The molecule has 3 unspecified atom stereocenters. The second kappa shape index (κ2) is 12.7. The van der Waals surface area contributed by atoms with Crippen LogP contribution < -0.4 is 0 Å². The number of rotatable bonds is 13. The van der Waals surface area contributed by atoms with Gasteiger partial charge in [-0.3, -0.25) is 0 Å². The first-order valence-corrected chi connectivity index (χ1v) is 16.0. The molecule has 0 spiro atoms. The summed E-state index contributed by atoms with van der Waals surface area (Å²) in [4.78, 5) is 0. The average molecular weight is 413 g/mol. The van der Waals surface area contributed by atoms with E-state index in [0.717, 1.165) is 17.1 Å². The van der Waals surface area contributed by atoms with Gasteiger partial charge < -0.3 is 0 Å². The van der Waals surface area contributed by atoms with Gasteiger partial charge in [-0.2, -0.15) is 0 Å². The van der Waals surface area contributed by atoms with E-state index in [-0.39, 0.29) is 0 Å². The highest BCUT2D eigenvalue weighted by molar-refractivity contribution is 9.48. The topological polar surface area (TPSA) is 0 Å². The van der Waals surface area contributed by atoms with Crippen molar-refractivity contribution in [2.45, 2.75) is 93.2 Å². The van der Waals surface area contributed by atoms with E-state index in [1.807, 2.05) is 0 Å². The van der Waals surface area contributed by atoms with Crippen LogP contribution in [0, 0.1) is 17.3 Å². The molecule has 0 rings (SSSR count). The molecule has 148 valence electrons. The molecule has 0 fully saturated rings. The quantitative estimate of drug-likeness (QED) is 0.277. The summed E-state index contributed by atoms with van der Waals surface area (Å²) in [5.74, 6) is 5.71.